The minimum atomic E-state index is -4.71. The molecule has 1 atom stereocenters. The number of nitrogens with zero attached hydrogens (tertiary/aromatic N) is 7. The monoisotopic (exact) mass is 1040 g/mol. The van der Waals surface area contributed by atoms with Gasteiger partial charge >= 0.3 is 5.69 Å². The summed E-state index contributed by atoms with van der Waals surface area (Å²) in [5.74, 6) is -0.321. The molecule has 4 fully saturated rings. The van der Waals surface area contributed by atoms with Crippen molar-refractivity contribution in [2.75, 3.05) is 56.6 Å². The van der Waals surface area contributed by atoms with Crippen LogP contribution in [0.5, 0.6) is 17.2 Å². The number of aromatic amines is 1. The molecule has 0 radical (unpaired) electrons. The van der Waals surface area contributed by atoms with E-state index >= 15 is 0 Å². The molecule has 6 heterocycles. The number of piperazine rings is 1. The third-order valence-electron chi connectivity index (χ3n) is 16.1. The van der Waals surface area contributed by atoms with Crippen molar-refractivity contribution in [3.8, 4) is 17.2 Å². The fourth-order valence-electron chi connectivity index (χ4n) is 11.7. The second kappa shape index (κ2) is 21.1. The third-order valence-corrected chi connectivity index (χ3v) is 17.4. The highest BCUT2D eigenvalue weighted by molar-refractivity contribution is 7.90. The highest BCUT2D eigenvalue weighted by Gasteiger charge is 2.50. The van der Waals surface area contributed by atoms with Crippen LogP contribution in [0.3, 0.4) is 0 Å². The Bertz CT molecular complexity index is 3160. The molecule has 6 aromatic rings. The number of hydrogen-bond acceptors (Lipinski definition) is 15. The number of fused-ring (bicyclic) bond motifs is 1. The molecular formula is C55H65FN10O8S. The Morgan fingerprint density at radius 1 is 0.960 bits per heavy atom. The van der Waals surface area contributed by atoms with Gasteiger partial charge in [0.2, 0.25) is 5.82 Å². The van der Waals surface area contributed by atoms with Crippen LogP contribution >= 0.6 is 0 Å². The number of halogens is 1. The summed E-state index contributed by atoms with van der Waals surface area (Å²) in [5, 5.41) is 25.7. The van der Waals surface area contributed by atoms with E-state index in [1.807, 2.05) is 12.1 Å². The number of nitrogens with one attached hydrogen (secondary N) is 3. The summed E-state index contributed by atoms with van der Waals surface area (Å²) in [4.78, 5) is 48.3. The van der Waals surface area contributed by atoms with Crippen molar-refractivity contribution in [1.29, 1.82) is 0 Å². The van der Waals surface area contributed by atoms with Gasteiger partial charge in [-0.15, -0.1) is 0 Å². The van der Waals surface area contributed by atoms with Crippen LogP contribution in [0, 0.1) is 27.3 Å². The van der Waals surface area contributed by atoms with E-state index in [-0.39, 0.29) is 45.6 Å². The van der Waals surface area contributed by atoms with Crippen molar-refractivity contribution in [1.82, 2.24) is 34.5 Å². The molecule has 75 heavy (non-hydrogen) atoms. The van der Waals surface area contributed by atoms with Crippen molar-refractivity contribution in [2.24, 2.45) is 11.3 Å². The normalized spacial score (nSPS) is 21.5. The maximum atomic E-state index is 14.7. The van der Waals surface area contributed by atoms with Crippen LogP contribution in [0.2, 0.25) is 0 Å². The van der Waals surface area contributed by atoms with Crippen molar-refractivity contribution in [2.45, 2.75) is 107 Å². The Morgan fingerprint density at radius 3 is 2.44 bits per heavy atom. The molecule has 4 aromatic heterocycles. The van der Waals surface area contributed by atoms with Crippen LogP contribution in [0.4, 0.5) is 21.6 Å². The number of ether oxygens (including phenoxy) is 2. The highest BCUT2D eigenvalue weighted by Crippen LogP contribution is 2.53. The largest absolute Gasteiger partial charge is 0.495 e. The molecule has 0 bridgehead atoms. The van der Waals surface area contributed by atoms with E-state index in [0.29, 0.717) is 49.8 Å². The number of nitro groups is 1. The second-order valence-corrected chi connectivity index (χ2v) is 23.2. The van der Waals surface area contributed by atoms with Crippen LogP contribution in [-0.2, 0) is 16.6 Å². The standard InChI is InChI=1S/C55H65FN10O8S/c1-35(2)43-7-5-6-8-44(43)49-34-63(33-37-9-11-40(73-4)29-57-37)21-22-65(49)39-26-55(27-39)17-19-64(20-18-55)38-10-12-45(50(23-38)74-41-24-46-47(56)32-61-51(46)59-30-41)53(67)62-75(71,72)42-25-48(66(69)70)52(60-31-42)58-28-36-13-15-54(3,68)16-14-36/h5-12,23-25,29-32,35-36,39,49,68H,13-22,26-28,33-34H2,1-4H3,(H,58,60)(H,59,61)(H,62,67)/t36?,49-,54?/m0/s1. The highest BCUT2D eigenvalue weighted by atomic mass is 32.2. The molecule has 2 saturated heterocycles. The number of H-pyrrole nitrogens is 1. The number of benzene rings is 2. The molecule has 0 unspecified atom stereocenters. The second-order valence-electron chi connectivity index (χ2n) is 21.5. The van der Waals surface area contributed by atoms with Gasteiger partial charge in [0.1, 0.15) is 33.6 Å². The first kappa shape index (κ1) is 51.7. The Labute approximate surface area is 436 Å². The molecule has 18 nitrogen and oxygen atoms in total. The van der Waals surface area contributed by atoms with Gasteiger partial charge in [0.25, 0.3) is 15.9 Å². The van der Waals surface area contributed by atoms with E-state index in [9.17, 15) is 32.8 Å². The van der Waals surface area contributed by atoms with Crippen molar-refractivity contribution < 1.29 is 37.1 Å². The van der Waals surface area contributed by atoms with E-state index in [2.05, 4.69) is 82.8 Å². The molecule has 1 amide bonds. The number of methoxy groups -OCH3 is 1. The first-order chi connectivity index (χ1) is 35.9. The first-order valence-electron chi connectivity index (χ1n) is 25.9. The molecule has 396 valence electrons. The van der Waals surface area contributed by atoms with Crippen LogP contribution in [0.1, 0.15) is 111 Å². The van der Waals surface area contributed by atoms with Crippen molar-refractivity contribution in [3.05, 3.63) is 130 Å². The molecule has 10 rings (SSSR count). The quantitative estimate of drug-likeness (QED) is 0.0524. The van der Waals surface area contributed by atoms with Gasteiger partial charge in [-0.3, -0.25) is 29.7 Å². The number of hydrogen-bond donors (Lipinski definition) is 4. The summed E-state index contributed by atoms with van der Waals surface area (Å²) in [6.45, 7) is 11.7. The molecule has 2 aliphatic heterocycles. The predicted octanol–water partition coefficient (Wildman–Crippen LogP) is 9.10. The zero-order chi connectivity index (χ0) is 52.6. The van der Waals surface area contributed by atoms with Gasteiger partial charge in [-0.1, -0.05) is 38.1 Å². The van der Waals surface area contributed by atoms with Gasteiger partial charge in [-0.05, 0) is 117 Å². The summed E-state index contributed by atoms with van der Waals surface area (Å²) in [6, 6.07) is 20.8. The van der Waals surface area contributed by atoms with Crippen molar-refractivity contribution >= 4 is 44.2 Å². The molecular weight excluding hydrogens is 980 g/mol. The van der Waals surface area contributed by atoms with E-state index in [4.69, 9.17) is 9.47 Å². The van der Waals surface area contributed by atoms with Gasteiger partial charge in [0, 0.05) is 81.9 Å². The maximum Gasteiger partial charge on any atom is 0.312 e. The molecule has 4 aliphatic rings. The average molecular weight is 1050 g/mol. The van der Waals surface area contributed by atoms with E-state index < -0.39 is 42.9 Å². The number of rotatable bonds is 16. The lowest BCUT2D eigenvalue weighted by Crippen LogP contribution is -2.60. The molecule has 1 spiro atoms. The number of carbonyl (C=O) groups excluding carboxylic acids is 1. The van der Waals surface area contributed by atoms with E-state index in [1.54, 1.807) is 32.4 Å². The third kappa shape index (κ3) is 11.3. The maximum absolute atomic E-state index is 14.7. The fourth-order valence-corrected chi connectivity index (χ4v) is 12.6. The fraction of sp³-hybridized carbons (Fsp3) is 0.455. The van der Waals surface area contributed by atoms with Crippen LogP contribution in [0.25, 0.3) is 11.0 Å². The molecule has 20 heteroatoms. The van der Waals surface area contributed by atoms with Crippen LogP contribution in [0.15, 0.2) is 96.4 Å². The summed E-state index contributed by atoms with van der Waals surface area (Å²) in [6.07, 6.45) is 12.0. The minimum Gasteiger partial charge on any atom is -0.495 e. The molecule has 2 aromatic carbocycles. The summed E-state index contributed by atoms with van der Waals surface area (Å²) in [7, 11) is -3.06. The lowest BCUT2D eigenvalue weighted by atomic mass is 9.59. The molecule has 4 N–H and O–H groups in total. The number of piperidine rings is 1. The lowest BCUT2D eigenvalue weighted by molar-refractivity contribution is -0.384. The van der Waals surface area contributed by atoms with E-state index in [1.165, 1.54) is 35.7 Å². The first-order valence-corrected chi connectivity index (χ1v) is 27.4. The number of carbonyl (C=O) groups is 1. The Hall–Kier alpha value is -6.74. The number of amides is 1. The Morgan fingerprint density at radius 2 is 1.72 bits per heavy atom. The van der Waals surface area contributed by atoms with Gasteiger partial charge in [-0.2, -0.15) is 0 Å². The average Bonchev–Trinajstić information content (AvgIpc) is 3.76. The summed E-state index contributed by atoms with van der Waals surface area (Å²) >= 11 is 0. The number of aliphatic hydroxyl groups is 1. The smallest absolute Gasteiger partial charge is 0.312 e. The van der Waals surface area contributed by atoms with Crippen LogP contribution < -0.4 is 24.4 Å². The molecule has 2 saturated carbocycles. The van der Waals surface area contributed by atoms with Crippen molar-refractivity contribution in [3.63, 3.8) is 0 Å². The van der Waals surface area contributed by atoms with Gasteiger partial charge in [-0.25, -0.2) is 27.5 Å². The van der Waals surface area contributed by atoms with Crippen LogP contribution in [-0.4, -0.2) is 112 Å². The Kier molecular flexibility index (Phi) is 14.6. The zero-order valence-electron chi connectivity index (χ0n) is 42.8. The summed E-state index contributed by atoms with van der Waals surface area (Å²) in [5.41, 5.74) is 3.56. The topological polar surface area (TPSA) is 221 Å². The number of aromatic nitrogens is 4. The SMILES string of the molecule is COc1ccc(CN2CCN(C3CC4(CCN(c5ccc(C(=O)NS(=O)(=O)c6cnc(NCC7CCC(C)(O)CC7)c([N+](=O)[O-])c6)c(Oc6cnc7[nH]cc(F)c7c6)c5)CC4)C3)[C@H](c3ccccc3C(C)C)C2)nc1. The Balaban J connectivity index is 0.837. The van der Waals surface area contributed by atoms with E-state index in [0.717, 1.165) is 94.3 Å². The van der Waals surface area contributed by atoms with Gasteiger partial charge in [0.15, 0.2) is 0 Å². The lowest BCUT2D eigenvalue weighted by Gasteiger charge is -2.58. The summed E-state index contributed by atoms with van der Waals surface area (Å²) < 4.78 is 56.0. The van der Waals surface area contributed by atoms with Gasteiger partial charge < -0.3 is 29.8 Å². The minimum absolute atomic E-state index is 0.00352. The number of anilines is 2. The zero-order valence-corrected chi connectivity index (χ0v) is 43.6. The number of sulfonamides is 1. The number of pyridine rings is 3. The van der Waals surface area contributed by atoms with Gasteiger partial charge in [0.05, 0.1) is 52.9 Å². The predicted molar refractivity (Wildman–Crippen MR) is 282 cm³/mol. The molecule has 2 aliphatic carbocycles.